The number of anilines is 1. The molecule has 0 aliphatic carbocycles. The lowest BCUT2D eigenvalue weighted by atomic mass is 10.0. The maximum absolute atomic E-state index is 12.0. The molecule has 1 heterocycles. The van der Waals surface area contributed by atoms with Gasteiger partial charge in [0.15, 0.2) is 0 Å². The standard InChI is InChI=1S/C16H25N3O2/c1-11(2)15(17)16(20)18-12-8-9-19(10-12)13-6-4-5-7-14(13)21-3/h4-7,11-12,15H,8-10,17H2,1-3H3,(H,18,20)/t12?,15-/m0/s1. The molecule has 1 fully saturated rings. The summed E-state index contributed by atoms with van der Waals surface area (Å²) < 4.78 is 5.39. The molecule has 2 atom stereocenters. The summed E-state index contributed by atoms with van der Waals surface area (Å²) in [5, 5.41) is 3.05. The second-order valence-electron chi connectivity index (χ2n) is 5.88. The molecule has 1 saturated heterocycles. The van der Waals surface area contributed by atoms with Crippen molar-refractivity contribution in [1.82, 2.24) is 5.32 Å². The summed E-state index contributed by atoms with van der Waals surface area (Å²) in [5.74, 6) is 0.956. The third-order valence-electron chi connectivity index (χ3n) is 3.98. The summed E-state index contributed by atoms with van der Waals surface area (Å²) in [4.78, 5) is 14.3. The number of ether oxygens (including phenoxy) is 1. The molecule has 21 heavy (non-hydrogen) atoms. The highest BCUT2D eigenvalue weighted by atomic mass is 16.5. The molecule has 116 valence electrons. The minimum Gasteiger partial charge on any atom is -0.495 e. The van der Waals surface area contributed by atoms with E-state index in [0.717, 1.165) is 30.9 Å². The summed E-state index contributed by atoms with van der Waals surface area (Å²) in [5.41, 5.74) is 6.96. The number of nitrogens with zero attached hydrogens (tertiary/aromatic N) is 1. The van der Waals surface area contributed by atoms with Crippen molar-refractivity contribution in [3.8, 4) is 5.75 Å². The van der Waals surface area contributed by atoms with Gasteiger partial charge in [0.1, 0.15) is 5.75 Å². The quantitative estimate of drug-likeness (QED) is 0.860. The Morgan fingerprint density at radius 2 is 2.14 bits per heavy atom. The van der Waals surface area contributed by atoms with E-state index in [0.29, 0.717) is 0 Å². The van der Waals surface area contributed by atoms with E-state index >= 15 is 0 Å². The summed E-state index contributed by atoms with van der Waals surface area (Å²) in [6.07, 6.45) is 0.925. The number of rotatable bonds is 5. The number of para-hydroxylation sites is 2. The molecule has 3 N–H and O–H groups in total. The van der Waals surface area contributed by atoms with Crippen molar-refractivity contribution in [1.29, 1.82) is 0 Å². The van der Waals surface area contributed by atoms with Crippen LogP contribution in [-0.2, 0) is 4.79 Å². The number of hydrogen-bond donors (Lipinski definition) is 2. The summed E-state index contributed by atoms with van der Waals surface area (Å²) >= 11 is 0. The molecule has 0 bridgehead atoms. The SMILES string of the molecule is COc1ccccc1N1CCC(NC(=O)[C@@H](N)C(C)C)C1. The summed E-state index contributed by atoms with van der Waals surface area (Å²) in [7, 11) is 1.68. The number of methoxy groups -OCH3 is 1. The van der Waals surface area contributed by atoms with E-state index in [1.54, 1.807) is 7.11 Å². The first-order valence-corrected chi connectivity index (χ1v) is 7.47. The molecule has 1 unspecified atom stereocenters. The predicted molar refractivity (Wildman–Crippen MR) is 84.6 cm³/mol. The lowest BCUT2D eigenvalue weighted by Crippen LogP contribution is -2.48. The van der Waals surface area contributed by atoms with E-state index in [4.69, 9.17) is 10.5 Å². The van der Waals surface area contributed by atoms with Gasteiger partial charge < -0.3 is 20.7 Å². The topological polar surface area (TPSA) is 67.6 Å². The Morgan fingerprint density at radius 3 is 2.81 bits per heavy atom. The number of nitrogens with two attached hydrogens (primary N) is 1. The number of carbonyl (C=O) groups excluding carboxylic acids is 1. The average molecular weight is 291 g/mol. The number of benzene rings is 1. The molecule has 0 radical (unpaired) electrons. The first kappa shape index (κ1) is 15.6. The molecule has 1 amide bonds. The number of nitrogens with one attached hydrogen (secondary N) is 1. The van der Waals surface area contributed by atoms with E-state index in [-0.39, 0.29) is 17.9 Å². The minimum atomic E-state index is -0.440. The lowest BCUT2D eigenvalue weighted by Gasteiger charge is -2.22. The van der Waals surface area contributed by atoms with Crippen LogP contribution in [0.4, 0.5) is 5.69 Å². The number of amides is 1. The van der Waals surface area contributed by atoms with Gasteiger partial charge in [-0.1, -0.05) is 26.0 Å². The first-order chi connectivity index (χ1) is 10.0. The van der Waals surface area contributed by atoms with Crippen LogP contribution in [0.3, 0.4) is 0 Å². The van der Waals surface area contributed by atoms with E-state index in [1.165, 1.54) is 0 Å². The monoisotopic (exact) mass is 291 g/mol. The van der Waals surface area contributed by atoms with Crippen LogP contribution < -0.4 is 20.7 Å². The van der Waals surface area contributed by atoms with Crippen LogP contribution in [0.2, 0.25) is 0 Å². The zero-order valence-electron chi connectivity index (χ0n) is 13.0. The normalized spacial score (nSPS) is 19.7. The van der Waals surface area contributed by atoms with Gasteiger partial charge in [-0.05, 0) is 24.5 Å². The molecule has 0 spiro atoms. The lowest BCUT2D eigenvalue weighted by molar-refractivity contribution is -0.123. The summed E-state index contributed by atoms with van der Waals surface area (Å²) in [6, 6.07) is 7.66. The smallest absolute Gasteiger partial charge is 0.237 e. The molecular weight excluding hydrogens is 266 g/mol. The molecular formula is C16H25N3O2. The highest BCUT2D eigenvalue weighted by Crippen LogP contribution is 2.30. The number of hydrogen-bond acceptors (Lipinski definition) is 4. The van der Waals surface area contributed by atoms with Gasteiger partial charge in [-0.15, -0.1) is 0 Å². The van der Waals surface area contributed by atoms with Gasteiger partial charge in [0.25, 0.3) is 0 Å². The van der Waals surface area contributed by atoms with Gasteiger partial charge in [-0.3, -0.25) is 4.79 Å². The van der Waals surface area contributed by atoms with Crippen LogP contribution >= 0.6 is 0 Å². The van der Waals surface area contributed by atoms with Gasteiger partial charge in [-0.2, -0.15) is 0 Å². The van der Waals surface area contributed by atoms with Gasteiger partial charge in [0.2, 0.25) is 5.91 Å². The Balaban J connectivity index is 1.96. The fourth-order valence-corrected chi connectivity index (χ4v) is 2.59. The zero-order chi connectivity index (χ0) is 15.4. The molecule has 1 aliphatic rings. The maximum atomic E-state index is 12.0. The van der Waals surface area contributed by atoms with Gasteiger partial charge >= 0.3 is 0 Å². The van der Waals surface area contributed by atoms with Gasteiger partial charge in [0, 0.05) is 19.1 Å². The molecule has 2 rings (SSSR count). The fourth-order valence-electron chi connectivity index (χ4n) is 2.59. The average Bonchev–Trinajstić information content (AvgIpc) is 2.94. The highest BCUT2D eigenvalue weighted by molar-refractivity contribution is 5.82. The fraction of sp³-hybridized carbons (Fsp3) is 0.562. The molecule has 1 aliphatic heterocycles. The van der Waals surface area contributed by atoms with Crippen LogP contribution in [0.15, 0.2) is 24.3 Å². The third kappa shape index (κ3) is 3.67. The molecule has 0 aromatic heterocycles. The first-order valence-electron chi connectivity index (χ1n) is 7.47. The Labute approximate surface area is 126 Å². The van der Waals surface area contributed by atoms with E-state index in [2.05, 4.69) is 10.2 Å². The van der Waals surface area contributed by atoms with Crippen molar-refractivity contribution in [3.63, 3.8) is 0 Å². The Bertz CT molecular complexity index is 490. The van der Waals surface area contributed by atoms with Crippen molar-refractivity contribution in [3.05, 3.63) is 24.3 Å². The van der Waals surface area contributed by atoms with Gasteiger partial charge in [0.05, 0.1) is 18.8 Å². The Kier molecular flexibility index (Phi) is 5.07. The summed E-state index contributed by atoms with van der Waals surface area (Å²) in [6.45, 7) is 5.61. The van der Waals surface area contributed by atoms with E-state index in [9.17, 15) is 4.79 Å². The Morgan fingerprint density at radius 1 is 1.43 bits per heavy atom. The van der Waals surface area contributed by atoms with Crippen LogP contribution in [0.1, 0.15) is 20.3 Å². The second kappa shape index (κ2) is 6.80. The largest absolute Gasteiger partial charge is 0.495 e. The minimum absolute atomic E-state index is 0.0584. The molecule has 1 aromatic carbocycles. The third-order valence-corrected chi connectivity index (χ3v) is 3.98. The number of carbonyl (C=O) groups is 1. The van der Waals surface area contributed by atoms with Gasteiger partial charge in [-0.25, -0.2) is 0 Å². The predicted octanol–water partition coefficient (Wildman–Crippen LogP) is 1.37. The van der Waals surface area contributed by atoms with Crippen molar-refractivity contribution in [2.45, 2.75) is 32.4 Å². The van der Waals surface area contributed by atoms with E-state index < -0.39 is 6.04 Å². The van der Waals surface area contributed by atoms with Crippen LogP contribution in [0.5, 0.6) is 5.75 Å². The van der Waals surface area contributed by atoms with Crippen molar-refractivity contribution in [2.24, 2.45) is 11.7 Å². The molecule has 5 heteroatoms. The van der Waals surface area contributed by atoms with Crippen molar-refractivity contribution in [2.75, 3.05) is 25.1 Å². The van der Waals surface area contributed by atoms with Crippen LogP contribution in [-0.4, -0.2) is 38.2 Å². The van der Waals surface area contributed by atoms with E-state index in [1.807, 2.05) is 38.1 Å². The van der Waals surface area contributed by atoms with Crippen molar-refractivity contribution < 1.29 is 9.53 Å². The second-order valence-corrected chi connectivity index (χ2v) is 5.88. The van der Waals surface area contributed by atoms with Crippen LogP contribution in [0.25, 0.3) is 0 Å². The molecule has 0 saturated carbocycles. The van der Waals surface area contributed by atoms with Crippen molar-refractivity contribution >= 4 is 11.6 Å². The highest BCUT2D eigenvalue weighted by Gasteiger charge is 2.27. The molecule has 1 aromatic rings. The van der Waals surface area contributed by atoms with Crippen LogP contribution in [0, 0.1) is 5.92 Å². The Hall–Kier alpha value is -1.75. The molecule has 5 nitrogen and oxygen atoms in total. The zero-order valence-corrected chi connectivity index (χ0v) is 13.0. The maximum Gasteiger partial charge on any atom is 0.237 e.